The lowest BCUT2D eigenvalue weighted by Crippen LogP contribution is -2.32. The second-order valence-electron chi connectivity index (χ2n) is 4.44. The quantitative estimate of drug-likeness (QED) is 0.661. The summed E-state index contributed by atoms with van der Waals surface area (Å²) < 4.78 is 5.73. The number of thioether (sulfide) groups is 1. The molecular formula is C12H9N3O5S. The van der Waals surface area contributed by atoms with Crippen molar-refractivity contribution in [1.29, 1.82) is 0 Å². The minimum atomic E-state index is -1.72. The van der Waals surface area contributed by atoms with E-state index in [-0.39, 0.29) is 17.1 Å². The highest BCUT2D eigenvalue weighted by Crippen LogP contribution is 2.44. The number of aliphatic hydroxyl groups is 1. The SMILES string of the molecule is CC1=CS[C@@](O)(c2cccc([N+](=O)[O-])c2)c2noc(=O)n21. The van der Waals surface area contributed by atoms with Crippen LogP contribution in [0.2, 0.25) is 0 Å². The van der Waals surface area contributed by atoms with Gasteiger partial charge in [-0.3, -0.25) is 14.6 Å². The van der Waals surface area contributed by atoms with Gasteiger partial charge in [-0.05, 0) is 12.3 Å². The summed E-state index contributed by atoms with van der Waals surface area (Å²) in [4.78, 5) is 20.2. The summed E-state index contributed by atoms with van der Waals surface area (Å²) in [7, 11) is 0. The highest BCUT2D eigenvalue weighted by Gasteiger charge is 2.42. The van der Waals surface area contributed by atoms with Gasteiger partial charge in [0.25, 0.3) is 5.69 Å². The van der Waals surface area contributed by atoms with Gasteiger partial charge in [-0.25, -0.2) is 9.36 Å². The van der Waals surface area contributed by atoms with Crippen molar-refractivity contribution in [2.75, 3.05) is 0 Å². The van der Waals surface area contributed by atoms with Gasteiger partial charge in [0.15, 0.2) is 0 Å². The largest absolute Gasteiger partial charge is 0.446 e. The molecule has 8 nitrogen and oxygen atoms in total. The van der Waals surface area contributed by atoms with E-state index in [9.17, 15) is 20.0 Å². The Morgan fingerprint density at radius 3 is 3.00 bits per heavy atom. The summed E-state index contributed by atoms with van der Waals surface area (Å²) >= 11 is 0.992. The molecule has 1 atom stereocenters. The average Bonchev–Trinajstić information content (AvgIpc) is 2.87. The van der Waals surface area contributed by atoms with Gasteiger partial charge in [-0.15, -0.1) is 0 Å². The fraction of sp³-hybridized carbons (Fsp3) is 0.167. The number of rotatable bonds is 2. The molecule has 9 heteroatoms. The Labute approximate surface area is 121 Å². The highest BCUT2D eigenvalue weighted by atomic mass is 32.2. The van der Waals surface area contributed by atoms with Crippen molar-refractivity contribution in [3.8, 4) is 0 Å². The maximum absolute atomic E-state index is 11.6. The van der Waals surface area contributed by atoms with Crippen molar-refractivity contribution in [3.63, 3.8) is 0 Å². The second kappa shape index (κ2) is 4.57. The van der Waals surface area contributed by atoms with Gasteiger partial charge < -0.3 is 5.11 Å². The Kier molecular flexibility index (Phi) is 2.96. The Hall–Kier alpha value is -2.39. The molecule has 1 aromatic carbocycles. The first-order chi connectivity index (χ1) is 9.93. The van der Waals surface area contributed by atoms with Crippen LogP contribution in [0.5, 0.6) is 0 Å². The molecule has 0 radical (unpaired) electrons. The van der Waals surface area contributed by atoms with Crippen LogP contribution in [0.1, 0.15) is 18.3 Å². The smallest absolute Gasteiger partial charge is 0.368 e. The van der Waals surface area contributed by atoms with Crippen LogP contribution in [0.15, 0.2) is 39.0 Å². The molecule has 0 saturated heterocycles. The van der Waals surface area contributed by atoms with Gasteiger partial charge in [0.05, 0.1) is 4.92 Å². The molecule has 0 saturated carbocycles. The average molecular weight is 307 g/mol. The zero-order chi connectivity index (χ0) is 15.2. The number of allylic oxidation sites excluding steroid dienone is 1. The van der Waals surface area contributed by atoms with Gasteiger partial charge in [0.1, 0.15) is 0 Å². The number of nitro groups is 1. The molecule has 0 amide bonds. The van der Waals surface area contributed by atoms with Crippen molar-refractivity contribution < 1.29 is 14.6 Å². The van der Waals surface area contributed by atoms with Crippen molar-refractivity contribution in [2.24, 2.45) is 0 Å². The molecule has 108 valence electrons. The van der Waals surface area contributed by atoms with Crippen molar-refractivity contribution in [1.82, 2.24) is 9.72 Å². The first-order valence-corrected chi connectivity index (χ1v) is 6.73. The molecular weight excluding hydrogens is 298 g/mol. The van der Waals surface area contributed by atoms with Gasteiger partial charge in [-0.2, -0.15) is 0 Å². The lowest BCUT2D eigenvalue weighted by Gasteiger charge is -2.28. The predicted octanol–water partition coefficient (Wildman–Crippen LogP) is 1.50. The zero-order valence-electron chi connectivity index (χ0n) is 10.7. The van der Waals surface area contributed by atoms with Crippen LogP contribution in [0.25, 0.3) is 5.70 Å². The molecule has 1 N–H and O–H groups in total. The third-order valence-electron chi connectivity index (χ3n) is 3.11. The molecule has 0 fully saturated rings. The van der Waals surface area contributed by atoms with Crippen LogP contribution < -0.4 is 5.76 Å². The van der Waals surface area contributed by atoms with E-state index in [1.165, 1.54) is 24.3 Å². The zero-order valence-corrected chi connectivity index (χ0v) is 11.5. The first-order valence-electron chi connectivity index (χ1n) is 5.85. The maximum atomic E-state index is 11.6. The Morgan fingerprint density at radius 2 is 2.29 bits per heavy atom. The number of hydrogen-bond acceptors (Lipinski definition) is 7. The second-order valence-corrected chi connectivity index (χ2v) is 5.50. The van der Waals surface area contributed by atoms with Gasteiger partial charge >= 0.3 is 5.76 Å². The topological polar surface area (TPSA) is 111 Å². The molecule has 2 aromatic rings. The third-order valence-corrected chi connectivity index (χ3v) is 4.33. The minimum Gasteiger partial charge on any atom is -0.368 e. The monoisotopic (exact) mass is 307 g/mol. The molecule has 2 heterocycles. The first kappa shape index (κ1) is 13.6. The van der Waals surface area contributed by atoms with E-state index in [1.54, 1.807) is 12.3 Å². The number of aromatic nitrogens is 2. The van der Waals surface area contributed by atoms with E-state index in [1.807, 2.05) is 0 Å². The molecule has 0 spiro atoms. The van der Waals surface area contributed by atoms with Crippen LogP contribution in [0.4, 0.5) is 5.69 Å². The standard InChI is InChI=1S/C12H9N3O5S/c1-7-6-21-12(17,10-13-20-11(16)14(7)10)8-3-2-4-9(5-8)15(18)19/h2-6,17H,1H3/t12-/m0/s1. The molecule has 0 unspecified atom stereocenters. The van der Waals surface area contributed by atoms with E-state index in [0.29, 0.717) is 5.70 Å². The highest BCUT2D eigenvalue weighted by molar-refractivity contribution is 8.03. The van der Waals surface area contributed by atoms with Gasteiger partial charge in [-0.1, -0.05) is 29.1 Å². The molecule has 1 aliphatic rings. The van der Waals surface area contributed by atoms with Crippen LogP contribution in [-0.2, 0) is 4.93 Å². The molecule has 0 aliphatic carbocycles. The Morgan fingerprint density at radius 1 is 1.52 bits per heavy atom. The molecule has 3 rings (SSSR count). The van der Waals surface area contributed by atoms with Gasteiger partial charge in [0, 0.05) is 23.4 Å². The summed E-state index contributed by atoms with van der Waals surface area (Å²) in [6, 6.07) is 5.54. The number of hydrogen-bond donors (Lipinski definition) is 1. The lowest BCUT2D eigenvalue weighted by molar-refractivity contribution is -0.385. The van der Waals surface area contributed by atoms with E-state index in [2.05, 4.69) is 9.68 Å². The summed E-state index contributed by atoms with van der Waals surface area (Å²) in [6.45, 7) is 1.67. The van der Waals surface area contributed by atoms with E-state index < -0.39 is 15.6 Å². The summed E-state index contributed by atoms with van der Waals surface area (Å²) in [5.74, 6) is -0.735. The van der Waals surface area contributed by atoms with E-state index >= 15 is 0 Å². The van der Waals surface area contributed by atoms with E-state index in [4.69, 9.17) is 0 Å². The van der Waals surface area contributed by atoms with E-state index in [0.717, 1.165) is 16.3 Å². The predicted molar refractivity (Wildman–Crippen MR) is 74.4 cm³/mol. The number of benzene rings is 1. The summed E-state index contributed by atoms with van der Waals surface area (Å²) in [5, 5.41) is 26.9. The minimum absolute atomic E-state index is 0.0157. The Balaban J connectivity index is 2.21. The van der Waals surface area contributed by atoms with Crippen molar-refractivity contribution >= 4 is 23.1 Å². The van der Waals surface area contributed by atoms with Crippen LogP contribution in [-0.4, -0.2) is 19.8 Å². The van der Waals surface area contributed by atoms with Crippen molar-refractivity contribution in [3.05, 3.63) is 61.7 Å². The molecule has 1 aromatic heterocycles. The van der Waals surface area contributed by atoms with Crippen LogP contribution >= 0.6 is 11.8 Å². The fourth-order valence-corrected chi connectivity index (χ4v) is 3.02. The maximum Gasteiger partial charge on any atom is 0.446 e. The Bertz CT molecular complexity index is 824. The lowest BCUT2D eigenvalue weighted by atomic mass is 10.1. The molecule has 0 bridgehead atoms. The normalized spacial score (nSPS) is 20.8. The van der Waals surface area contributed by atoms with Gasteiger partial charge in [0.2, 0.25) is 10.8 Å². The number of nitrogens with zero attached hydrogens (tertiary/aromatic N) is 3. The number of fused-ring (bicyclic) bond motifs is 1. The summed E-state index contributed by atoms with van der Waals surface area (Å²) in [6.07, 6.45) is 0. The van der Waals surface area contributed by atoms with Crippen molar-refractivity contribution in [2.45, 2.75) is 11.9 Å². The number of non-ortho nitro benzene ring substituents is 1. The molecule has 1 aliphatic heterocycles. The third kappa shape index (κ3) is 1.98. The number of nitro benzene ring substituents is 1. The molecule has 21 heavy (non-hydrogen) atoms. The van der Waals surface area contributed by atoms with Crippen LogP contribution in [0.3, 0.4) is 0 Å². The van der Waals surface area contributed by atoms with Crippen LogP contribution in [0, 0.1) is 10.1 Å². The fourth-order valence-electron chi connectivity index (χ4n) is 2.08. The summed E-state index contributed by atoms with van der Waals surface area (Å²) in [5.41, 5.74) is 0.633.